The van der Waals surface area contributed by atoms with Crippen LogP contribution in [0.5, 0.6) is 0 Å². The Morgan fingerprint density at radius 1 is 0.293 bits per heavy atom. The Labute approximate surface area is 604 Å². The molecule has 0 aliphatic heterocycles. The van der Waals surface area contributed by atoms with Crippen molar-refractivity contribution in [3.63, 3.8) is 0 Å². The predicted octanol–water partition coefficient (Wildman–Crippen LogP) is 15.5. The van der Waals surface area contributed by atoms with E-state index in [0.29, 0.717) is 10.3 Å². The molecule has 8 rings (SSSR count). The molecule has 520 valence electrons. The molecule has 0 saturated carbocycles. The van der Waals surface area contributed by atoms with Crippen LogP contribution < -0.4 is 0 Å². The molecule has 0 fully saturated rings. The van der Waals surface area contributed by atoms with Crippen molar-refractivity contribution >= 4 is 100 Å². The largest absolute Gasteiger partial charge is 0.252 e. The highest BCUT2D eigenvalue weighted by Gasteiger charge is 2.29. The minimum atomic E-state index is 0.00926. The Kier molecular flexibility index (Phi) is 32.6. The Hall–Kier alpha value is -3.88. The summed E-state index contributed by atoms with van der Waals surface area (Å²) in [7, 11) is 7.61. The van der Waals surface area contributed by atoms with Crippen molar-refractivity contribution in [2.75, 3.05) is 0 Å². The van der Waals surface area contributed by atoms with Crippen LogP contribution in [0.4, 0.5) is 0 Å². The minimum Gasteiger partial charge on any atom is -0.252 e. The summed E-state index contributed by atoms with van der Waals surface area (Å²) in [5.41, 5.74) is 12.0. The van der Waals surface area contributed by atoms with Gasteiger partial charge in [-0.15, -0.1) is 40.8 Å². The number of aryl methyl sites for hydroxylation is 10. The Bertz CT molecular complexity index is 2970. The zero-order chi connectivity index (χ0) is 72.0. The van der Waals surface area contributed by atoms with E-state index in [2.05, 4.69) is 346 Å². The quantitative estimate of drug-likeness (QED) is 0.149. The maximum Gasteiger partial charge on any atom is 0.175 e. The molecule has 8 aromatic rings. The lowest BCUT2D eigenvalue weighted by atomic mass is 9.90. The van der Waals surface area contributed by atoms with Crippen molar-refractivity contribution in [2.45, 2.75) is 277 Å². The Morgan fingerprint density at radius 3 is 0.793 bits per heavy atom. The van der Waals surface area contributed by atoms with Gasteiger partial charge in [0.25, 0.3) is 0 Å². The molecular formula is C62H110Br2Cl2I2N24. The number of aromatic nitrogens is 24. The van der Waals surface area contributed by atoms with E-state index in [0.717, 1.165) is 77.0 Å². The zero-order valence-corrected chi connectivity index (χ0v) is 70.8. The normalized spacial score (nSPS) is 12.1. The van der Waals surface area contributed by atoms with Crippen molar-refractivity contribution in [1.29, 1.82) is 0 Å². The molecule has 0 aliphatic rings. The first kappa shape index (κ1) is 86.1. The van der Waals surface area contributed by atoms with Crippen LogP contribution in [0.3, 0.4) is 0 Å². The molecule has 0 aromatic carbocycles. The van der Waals surface area contributed by atoms with E-state index in [1.54, 1.807) is 9.36 Å². The van der Waals surface area contributed by atoms with Crippen molar-refractivity contribution in [1.82, 2.24) is 120 Å². The first-order valence-electron chi connectivity index (χ1n) is 30.8. The van der Waals surface area contributed by atoms with Crippen molar-refractivity contribution < 1.29 is 0 Å². The third-order valence-corrected chi connectivity index (χ3v) is 16.3. The fourth-order valence-electron chi connectivity index (χ4n) is 10.0. The molecule has 92 heavy (non-hydrogen) atoms. The van der Waals surface area contributed by atoms with Crippen molar-refractivity contribution in [3.8, 4) is 0 Å². The third kappa shape index (κ3) is 25.6. The van der Waals surface area contributed by atoms with E-state index in [1.165, 1.54) is 22.8 Å². The minimum absolute atomic E-state index is 0.00926. The fraction of sp³-hybridized carbons (Fsp3) is 0.742. The van der Waals surface area contributed by atoms with Crippen LogP contribution in [0.1, 0.15) is 251 Å². The average Bonchev–Trinajstić information content (AvgIpc) is 1.77. The van der Waals surface area contributed by atoms with Gasteiger partial charge >= 0.3 is 0 Å². The van der Waals surface area contributed by atoms with E-state index in [4.69, 9.17) is 23.2 Å². The molecule has 0 spiro atoms. The summed E-state index contributed by atoms with van der Waals surface area (Å²) in [6.07, 6.45) is 0. The first-order valence-corrected chi connectivity index (χ1v) is 35.3. The fourth-order valence-corrected chi connectivity index (χ4v) is 15.1. The van der Waals surface area contributed by atoms with Gasteiger partial charge in [-0.25, -0.2) is 18.7 Å². The molecular weight excluding hydrogens is 1570 g/mol. The van der Waals surface area contributed by atoms with E-state index in [1.807, 2.05) is 77.1 Å². The van der Waals surface area contributed by atoms with Crippen molar-refractivity contribution in [2.24, 2.45) is 28.2 Å². The SMILES string of the molecule is CCn1nnc(Br)c1C(C)(C)C.CCn1nnc(C)c1C(C)(C)C.CCn1nnc(Cl)c1C(C)(C)C.CCn1nnc(I)c1C(C)(C)C.Cc1nnn(C)c1C(C)(C)C.Cn1nnc(Br)c1C(C)(C)C.Cn1nnc(Cl)c1C(C)(C)C.Cn1nnc(I)c1C(C)(C)C. The summed E-state index contributed by atoms with van der Waals surface area (Å²) in [5.74, 6) is 0. The summed E-state index contributed by atoms with van der Waals surface area (Å²) in [5, 5.41) is 64.3. The number of hydrogen-bond acceptors (Lipinski definition) is 16. The van der Waals surface area contributed by atoms with Crippen LogP contribution in [0.25, 0.3) is 0 Å². The van der Waals surface area contributed by atoms with Crippen LogP contribution in [-0.2, 0) is 97.7 Å². The highest BCUT2D eigenvalue weighted by molar-refractivity contribution is 14.1. The average molecular weight is 1680 g/mol. The van der Waals surface area contributed by atoms with Gasteiger partial charge in [0.05, 0.1) is 56.9 Å². The van der Waals surface area contributed by atoms with Gasteiger partial charge in [0, 0.05) is 97.7 Å². The second-order valence-corrected chi connectivity index (χ2v) is 34.4. The maximum atomic E-state index is 5.91. The summed E-state index contributed by atoms with van der Waals surface area (Å²) in [6, 6.07) is 0. The second kappa shape index (κ2) is 34.9. The van der Waals surface area contributed by atoms with Gasteiger partial charge < -0.3 is 0 Å². The molecule has 0 bridgehead atoms. The first-order chi connectivity index (χ1) is 41.6. The lowest BCUT2D eigenvalue weighted by Crippen LogP contribution is -2.19. The lowest BCUT2D eigenvalue weighted by Gasteiger charge is -2.19. The van der Waals surface area contributed by atoms with Gasteiger partial charge in [-0.3, -0.25) is 18.7 Å². The lowest BCUT2D eigenvalue weighted by molar-refractivity contribution is 0.491. The standard InChI is InChI=1S/C9H17N3.C8H14BrN3.C8H14ClN3.C8H14IN3.C8H15N3.C7H12BrN3.C7H12ClN3.C7H12IN3/c1-6-12-8(9(3,4)5)7(2)10-11-12;3*1-5-12-6(8(2,3)4)7(9)10-11-12;1-6-7(8(2,3)4)11(5)10-9-6;3*1-7(2,3)5-6(8)9-10-11(5)4/h6H2,1-5H3;3*5H2,1-4H3;1-5H3;3*1-4H3. The van der Waals surface area contributed by atoms with E-state index < -0.39 is 0 Å². The monoisotopic (exact) mass is 1670 g/mol. The maximum absolute atomic E-state index is 5.91. The van der Waals surface area contributed by atoms with E-state index in [-0.39, 0.29) is 43.3 Å². The molecule has 0 aliphatic carbocycles. The third-order valence-electron chi connectivity index (χ3n) is 13.2. The highest BCUT2D eigenvalue weighted by Crippen LogP contribution is 2.32. The van der Waals surface area contributed by atoms with Gasteiger partial charge in [-0.2, -0.15) is 0 Å². The predicted molar refractivity (Wildman–Crippen MR) is 397 cm³/mol. The van der Waals surface area contributed by atoms with Crippen molar-refractivity contribution in [3.05, 3.63) is 83.9 Å². The van der Waals surface area contributed by atoms with Gasteiger partial charge in [0.15, 0.2) is 19.5 Å². The van der Waals surface area contributed by atoms with Gasteiger partial charge in [0.2, 0.25) is 0 Å². The molecule has 0 N–H and O–H groups in total. The zero-order valence-electron chi connectivity index (χ0n) is 61.8. The molecule has 0 radical (unpaired) electrons. The summed E-state index contributed by atoms with van der Waals surface area (Å²) in [4.78, 5) is 0. The summed E-state index contributed by atoms with van der Waals surface area (Å²) >= 11 is 23.0. The Morgan fingerprint density at radius 2 is 0.533 bits per heavy atom. The van der Waals surface area contributed by atoms with Gasteiger partial charge in [0.1, 0.15) is 7.40 Å². The molecule has 30 heteroatoms. The second-order valence-electron chi connectivity index (χ2n) is 30.2. The molecule has 24 nitrogen and oxygen atoms in total. The van der Waals surface area contributed by atoms with E-state index >= 15 is 0 Å². The Balaban J connectivity index is 0.000000526. The topological polar surface area (TPSA) is 246 Å². The van der Waals surface area contributed by atoms with Crippen LogP contribution in [0.15, 0.2) is 9.21 Å². The van der Waals surface area contributed by atoms with Crippen LogP contribution >= 0.6 is 100 Å². The number of rotatable bonds is 4. The van der Waals surface area contributed by atoms with E-state index in [9.17, 15) is 0 Å². The molecule has 0 atom stereocenters. The molecule has 8 heterocycles. The number of nitrogens with zero attached hydrogens (tertiary/aromatic N) is 24. The molecule has 0 amide bonds. The number of halogens is 6. The smallest absolute Gasteiger partial charge is 0.175 e. The highest BCUT2D eigenvalue weighted by atomic mass is 127. The number of hydrogen-bond donors (Lipinski definition) is 0. The summed E-state index contributed by atoms with van der Waals surface area (Å²) in [6.45, 7) is 67.2. The van der Waals surface area contributed by atoms with Gasteiger partial charge in [-0.1, -0.05) is 231 Å². The summed E-state index contributed by atoms with van der Waals surface area (Å²) < 4.78 is 18.6. The molecule has 8 aromatic heterocycles. The molecule has 0 saturated heterocycles. The van der Waals surface area contributed by atoms with Gasteiger partial charge in [-0.05, 0) is 119 Å². The van der Waals surface area contributed by atoms with Crippen LogP contribution in [0, 0.1) is 21.2 Å². The molecule has 0 unspecified atom stereocenters. The van der Waals surface area contributed by atoms with Crippen LogP contribution in [-0.4, -0.2) is 120 Å². The van der Waals surface area contributed by atoms with Crippen LogP contribution in [0.2, 0.25) is 10.3 Å².